The molecule has 12 nitrogen and oxygen atoms in total. The summed E-state index contributed by atoms with van der Waals surface area (Å²) in [4.78, 5) is 30.6. The van der Waals surface area contributed by atoms with Gasteiger partial charge in [-0.3, -0.25) is 35.8 Å². The zero-order valence-corrected chi connectivity index (χ0v) is 15.1. The number of phenolic OH excluding ortho intramolecular Hbond substituents is 1. The summed E-state index contributed by atoms with van der Waals surface area (Å²) >= 11 is 6.06. The van der Waals surface area contributed by atoms with E-state index in [9.17, 15) is 35.4 Å². The van der Waals surface area contributed by atoms with Gasteiger partial charge in [-0.05, 0) is 25.5 Å². The van der Waals surface area contributed by atoms with E-state index in [0.717, 1.165) is 24.4 Å². The lowest BCUT2D eigenvalue weighted by molar-refractivity contribution is -0.393. The number of anilines is 1. The minimum atomic E-state index is -0.832. The van der Waals surface area contributed by atoms with E-state index in [1.807, 2.05) is 0 Å². The molecule has 0 amide bonds. The van der Waals surface area contributed by atoms with Crippen molar-refractivity contribution < 1.29 is 19.9 Å². The summed E-state index contributed by atoms with van der Waals surface area (Å²) in [6, 6.07) is 2.89. The van der Waals surface area contributed by atoms with Crippen LogP contribution in [0.5, 0.6) is 5.75 Å². The van der Waals surface area contributed by atoms with Crippen LogP contribution in [0.15, 0.2) is 23.3 Å². The number of hydrazone groups is 1. The first-order valence-electron chi connectivity index (χ1n) is 7.44. The molecule has 2 aromatic carbocycles. The van der Waals surface area contributed by atoms with E-state index in [2.05, 4.69) is 10.5 Å². The van der Waals surface area contributed by atoms with Gasteiger partial charge in [0.1, 0.15) is 5.69 Å². The van der Waals surface area contributed by atoms with E-state index in [-0.39, 0.29) is 21.8 Å². The Hall–Kier alpha value is -3.80. The summed E-state index contributed by atoms with van der Waals surface area (Å²) in [5.74, 6) is -0.659. The number of non-ortho nitro benzene ring substituents is 1. The van der Waals surface area contributed by atoms with Gasteiger partial charge in [0.15, 0.2) is 0 Å². The summed E-state index contributed by atoms with van der Waals surface area (Å²) in [5.41, 5.74) is 0.850. The average molecular weight is 410 g/mol. The number of nitro benzene ring substituents is 3. The second-order valence-corrected chi connectivity index (χ2v) is 5.90. The lowest BCUT2D eigenvalue weighted by atomic mass is 10.0. The van der Waals surface area contributed by atoms with E-state index in [1.54, 1.807) is 0 Å². The molecule has 2 rings (SSSR count). The van der Waals surface area contributed by atoms with Gasteiger partial charge in [-0.15, -0.1) is 0 Å². The molecule has 0 bridgehead atoms. The third-order valence-corrected chi connectivity index (χ3v) is 4.41. The van der Waals surface area contributed by atoms with Gasteiger partial charge < -0.3 is 5.11 Å². The molecule has 0 aliphatic rings. The maximum atomic E-state index is 11.2. The summed E-state index contributed by atoms with van der Waals surface area (Å²) < 4.78 is 0. The lowest BCUT2D eigenvalue weighted by Gasteiger charge is -2.10. The molecule has 0 saturated heterocycles. The highest BCUT2D eigenvalue weighted by molar-refractivity contribution is 6.33. The molecule has 28 heavy (non-hydrogen) atoms. The standard InChI is InChI=1S/C15H12ClN5O7/c1-7-10(15(22)14(21(27)28)8(2)13(7)16)6-17-18-11-4-3-9(19(23)24)5-12(11)20(25)26/h3-6,18,22H,1-2H3/b17-6+. The molecule has 0 spiro atoms. The first-order valence-corrected chi connectivity index (χ1v) is 7.82. The van der Waals surface area contributed by atoms with Gasteiger partial charge in [0, 0.05) is 17.2 Å². The molecular weight excluding hydrogens is 398 g/mol. The van der Waals surface area contributed by atoms with E-state index in [1.165, 1.54) is 13.8 Å². The van der Waals surface area contributed by atoms with Gasteiger partial charge in [-0.1, -0.05) is 11.6 Å². The Kier molecular flexibility index (Phi) is 5.74. The second kappa shape index (κ2) is 7.84. The van der Waals surface area contributed by atoms with E-state index in [4.69, 9.17) is 11.6 Å². The molecular formula is C15H12ClN5O7. The molecule has 0 atom stereocenters. The Bertz CT molecular complexity index is 1040. The molecule has 0 aromatic heterocycles. The van der Waals surface area contributed by atoms with E-state index < -0.39 is 37.6 Å². The summed E-state index contributed by atoms with van der Waals surface area (Å²) in [7, 11) is 0. The van der Waals surface area contributed by atoms with Crippen LogP contribution in [0.1, 0.15) is 16.7 Å². The third-order valence-electron chi connectivity index (χ3n) is 3.85. The fraction of sp³-hybridized carbons (Fsp3) is 0.133. The van der Waals surface area contributed by atoms with Gasteiger partial charge in [-0.2, -0.15) is 5.10 Å². The molecule has 0 saturated carbocycles. The zero-order chi connectivity index (χ0) is 21.2. The van der Waals surface area contributed by atoms with Crippen molar-refractivity contribution in [1.29, 1.82) is 0 Å². The average Bonchev–Trinajstić information content (AvgIpc) is 2.62. The van der Waals surface area contributed by atoms with Crippen molar-refractivity contribution in [2.24, 2.45) is 5.10 Å². The topological polar surface area (TPSA) is 174 Å². The molecule has 13 heteroatoms. The number of hydrogen-bond acceptors (Lipinski definition) is 9. The summed E-state index contributed by atoms with van der Waals surface area (Å²) in [6.45, 7) is 2.89. The van der Waals surface area contributed by atoms with E-state index in [0.29, 0.717) is 5.56 Å². The molecule has 0 heterocycles. The molecule has 0 unspecified atom stereocenters. The fourth-order valence-corrected chi connectivity index (χ4v) is 2.60. The van der Waals surface area contributed by atoms with Crippen LogP contribution >= 0.6 is 11.6 Å². The van der Waals surface area contributed by atoms with Crippen molar-refractivity contribution in [3.8, 4) is 5.75 Å². The number of nitro groups is 3. The highest BCUT2D eigenvalue weighted by Gasteiger charge is 2.26. The number of nitrogens with one attached hydrogen (secondary N) is 1. The number of aromatic hydroxyl groups is 1. The van der Waals surface area contributed by atoms with Crippen LogP contribution in [0.25, 0.3) is 0 Å². The Morgan fingerprint density at radius 1 is 1.07 bits per heavy atom. The highest BCUT2D eigenvalue weighted by Crippen LogP contribution is 2.40. The molecule has 0 radical (unpaired) electrons. The van der Waals surface area contributed by atoms with Crippen LogP contribution in [0, 0.1) is 44.2 Å². The Labute approximate surface area is 161 Å². The normalized spacial score (nSPS) is 10.8. The molecule has 2 aromatic rings. The predicted octanol–water partition coefficient (Wildman–Crippen LogP) is 3.83. The monoisotopic (exact) mass is 409 g/mol. The highest BCUT2D eigenvalue weighted by atomic mass is 35.5. The first kappa shape index (κ1) is 20.5. The van der Waals surface area contributed by atoms with Crippen LogP contribution in [-0.4, -0.2) is 26.1 Å². The van der Waals surface area contributed by atoms with Crippen LogP contribution in [0.4, 0.5) is 22.7 Å². The van der Waals surface area contributed by atoms with Crippen molar-refractivity contribution in [3.05, 3.63) is 70.3 Å². The maximum absolute atomic E-state index is 11.2. The van der Waals surface area contributed by atoms with Crippen LogP contribution in [0.2, 0.25) is 5.02 Å². The largest absolute Gasteiger partial charge is 0.502 e. The number of benzene rings is 2. The number of nitrogens with zero attached hydrogens (tertiary/aromatic N) is 4. The van der Waals surface area contributed by atoms with Crippen molar-refractivity contribution in [1.82, 2.24) is 0 Å². The van der Waals surface area contributed by atoms with Crippen LogP contribution in [0.3, 0.4) is 0 Å². The zero-order valence-electron chi connectivity index (χ0n) is 14.4. The summed E-state index contributed by atoms with van der Waals surface area (Å²) in [5, 5.41) is 47.0. The number of phenols is 1. The van der Waals surface area contributed by atoms with Crippen molar-refractivity contribution in [2.45, 2.75) is 13.8 Å². The number of hydrogen-bond donors (Lipinski definition) is 2. The van der Waals surface area contributed by atoms with Gasteiger partial charge in [0.2, 0.25) is 5.75 Å². The molecule has 0 aliphatic heterocycles. The number of rotatable bonds is 6. The quantitative estimate of drug-likeness (QED) is 0.411. The van der Waals surface area contributed by atoms with Crippen molar-refractivity contribution in [2.75, 3.05) is 5.43 Å². The van der Waals surface area contributed by atoms with Gasteiger partial charge in [0.25, 0.3) is 5.69 Å². The Balaban J connectivity index is 2.45. The molecule has 0 aliphatic carbocycles. The first-order chi connectivity index (χ1) is 13.1. The fourth-order valence-electron chi connectivity index (χ4n) is 2.41. The van der Waals surface area contributed by atoms with E-state index >= 15 is 0 Å². The summed E-state index contributed by atoms with van der Waals surface area (Å²) in [6.07, 6.45) is 1.01. The SMILES string of the molecule is Cc1c(Cl)c(C)c([N+](=O)[O-])c(O)c1/C=N/Nc1ccc([N+](=O)[O-])cc1[N+](=O)[O-]. The van der Waals surface area contributed by atoms with Crippen molar-refractivity contribution in [3.63, 3.8) is 0 Å². The molecule has 2 N–H and O–H groups in total. The second-order valence-electron chi connectivity index (χ2n) is 5.52. The number of halogens is 1. The Morgan fingerprint density at radius 3 is 2.25 bits per heavy atom. The minimum absolute atomic E-state index is 0.0561. The smallest absolute Gasteiger partial charge is 0.315 e. The van der Waals surface area contributed by atoms with Gasteiger partial charge in [-0.25, -0.2) is 0 Å². The predicted molar refractivity (Wildman–Crippen MR) is 100 cm³/mol. The van der Waals surface area contributed by atoms with Crippen LogP contribution in [-0.2, 0) is 0 Å². The third kappa shape index (κ3) is 3.81. The maximum Gasteiger partial charge on any atom is 0.315 e. The molecule has 146 valence electrons. The van der Waals surface area contributed by atoms with Gasteiger partial charge in [0.05, 0.1) is 32.1 Å². The molecule has 0 fully saturated rings. The van der Waals surface area contributed by atoms with Crippen LogP contribution < -0.4 is 5.43 Å². The minimum Gasteiger partial charge on any atom is -0.502 e. The van der Waals surface area contributed by atoms with Crippen molar-refractivity contribution >= 4 is 40.6 Å². The van der Waals surface area contributed by atoms with Gasteiger partial charge >= 0.3 is 11.4 Å². The lowest BCUT2D eigenvalue weighted by Crippen LogP contribution is -2.02. The Morgan fingerprint density at radius 2 is 1.71 bits per heavy atom.